The summed E-state index contributed by atoms with van der Waals surface area (Å²) in [6.07, 6.45) is 0.164. The van der Waals surface area contributed by atoms with Gasteiger partial charge in [0.1, 0.15) is 5.75 Å². The third kappa shape index (κ3) is 2.31. The molecule has 3 rings (SSSR count). The Bertz CT molecular complexity index is 749. The van der Waals surface area contributed by atoms with E-state index in [2.05, 4.69) is 44.3 Å². The molecule has 0 saturated heterocycles. The Balaban J connectivity index is 2.27. The van der Waals surface area contributed by atoms with E-state index in [0.29, 0.717) is 0 Å². The van der Waals surface area contributed by atoms with Gasteiger partial charge in [0.05, 0.1) is 16.3 Å². The summed E-state index contributed by atoms with van der Waals surface area (Å²) in [6, 6.07) is 10.4. The van der Waals surface area contributed by atoms with Gasteiger partial charge in [-0.2, -0.15) is 0 Å². The largest absolute Gasteiger partial charge is 0.490 e. The quantitative estimate of drug-likeness (QED) is 0.757. The van der Waals surface area contributed by atoms with Gasteiger partial charge in [-0.25, -0.2) is 4.98 Å². The van der Waals surface area contributed by atoms with Crippen molar-refractivity contribution in [2.75, 3.05) is 11.9 Å². The van der Waals surface area contributed by atoms with Gasteiger partial charge < -0.3 is 10.1 Å². The van der Waals surface area contributed by atoms with Crippen LogP contribution in [0.4, 0.5) is 5.13 Å². The lowest BCUT2D eigenvalue weighted by molar-refractivity contribution is 0.246. The summed E-state index contributed by atoms with van der Waals surface area (Å²) in [5.74, 6) is 0.940. The number of benzene rings is 2. The van der Waals surface area contributed by atoms with Gasteiger partial charge in [0.25, 0.3) is 0 Å². The second-order valence-corrected chi connectivity index (χ2v) is 6.01. The number of thiazole rings is 1. The number of nitrogens with one attached hydrogen (secondary N) is 1. The van der Waals surface area contributed by atoms with Crippen molar-refractivity contribution >= 4 is 37.5 Å². The first-order valence-electron chi connectivity index (χ1n) is 6.92. The van der Waals surface area contributed by atoms with Crippen LogP contribution in [-0.2, 0) is 0 Å². The predicted octanol–water partition coefficient (Wildman–Crippen LogP) is 4.67. The Morgan fingerprint density at radius 1 is 1.25 bits per heavy atom. The van der Waals surface area contributed by atoms with Crippen molar-refractivity contribution in [3.05, 3.63) is 30.3 Å². The first-order valence-corrected chi connectivity index (χ1v) is 7.73. The molecular formula is C16H18N2OS. The predicted molar refractivity (Wildman–Crippen MR) is 87.1 cm³/mol. The number of ether oxygens (including phenoxy) is 1. The number of rotatable bonds is 4. The summed E-state index contributed by atoms with van der Waals surface area (Å²) in [5.41, 5.74) is 1.05. The second kappa shape index (κ2) is 5.29. The van der Waals surface area contributed by atoms with Gasteiger partial charge in [0.2, 0.25) is 0 Å². The molecule has 1 heterocycles. The van der Waals surface area contributed by atoms with Crippen LogP contribution in [0.1, 0.15) is 20.8 Å². The van der Waals surface area contributed by atoms with Crippen molar-refractivity contribution in [2.45, 2.75) is 26.9 Å². The summed E-state index contributed by atoms with van der Waals surface area (Å²) < 4.78 is 7.13. The summed E-state index contributed by atoms with van der Waals surface area (Å²) in [7, 11) is 0. The van der Waals surface area contributed by atoms with Crippen LogP contribution in [-0.4, -0.2) is 17.6 Å². The molecule has 0 amide bonds. The van der Waals surface area contributed by atoms with Crippen molar-refractivity contribution in [2.24, 2.45) is 0 Å². The molecule has 104 valence electrons. The highest BCUT2D eigenvalue weighted by Crippen LogP contribution is 2.37. The third-order valence-corrected chi connectivity index (χ3v) is 4.01. The molecule has 0 unspecified atom stereocenters. The number of fused-ring (bicyclic) bond motifs is 3. The summed E-state index contributed by atoms with van der Waals surface area (Å²) >= 11 is 1.68. The van der Waals surface area contributed by atoms with E-state index in [-0.39, 0.29) is 6.10 Å². The van der Waals surface area contributed by atoms with Gasteiger partial charge in [-0.05, 0) is 20.8 Å². The molecule has 3 aromatic rings. The number of aromatic nitrogens is 1. The second-order valence-electron chi connectivity index (χ2n) is 4.98. The number of hydrogen-bond acceptors (Lipinski definition) is 4. The van der Waals surface area contributed by atoms with Gasteiger partial charge in [-0.3, -0.25) is 0 Å². The Morgan fingerprint density at radius 3 is 2.70 bits per heavy atom. The van der Waals surface area contributed by atoms with Crippen molar-refractivity contribution in [1.29, 1.82) is 0 Å². The minimum absolute atomic E-state index is 0.164. The molecule has 0 aliphatic carbocycles. The molecule has 3 nitrogen and oxygen atoms in total. The van der Waals surface area contributed by atoms with Crippen LogP contribution in [0.3, 0.4) is 0 Å². The van der Waals surface area contributed by atoms with Crippen LogP contribution >= 0.6 is 11.3 Å². The molecular weight excluding hydrogens is 268 g/mol. The molecule has 1 aromatic heterocycles. The maximum Gasteiger partial charge on any atom is 0.183 e. The lowest BCUT2D eigenvalue weighted by atomic mass is 10.1. The van der Waals surface area contributed by atoms with E-state index in [0.717, 1.165) is 38.4 Å². The normalized spacial score (nSPS) is 11.4. The molecule has 0 saturated carbocycles. The molecule has 0 aliphatic rings. The third-order valence-electron chi connectivity index (χ3n) is 3.05. The zero-order chi connectivity index (χ0) is 14.1. The van der Waals surface area contributed by atoms with Crippen molar-refractivity contribution < 1.29 is 4.74 Å². The molecule has 4 heteroatoms. The van der Waals surface area contributed by atoms with Crippen LogP contribution in [0.2, 0.25) is 0 Å². The van der Waals surface area contributed by atoms with Crippen LogP contribution in [0.5, 0.6) is 5.75 Å². The molecule has 1 N–H and O–H groups in total. The van der Waals surface area contributed by atoms with E-state index in [4.69, 9.17) is 9.72 Å². The monoisotopic (exact) mass is 286 g/mol. The minimum atomic E-state index is 0.164. The van der Waals surface area contributed by atoms with E-state index >= 15 is 0 Å². The van der Waals surface area contributed by atoms with E-state index < -0.39 is 0 Å². The molecule has 0 spiro atoms. The van der Waals surface area contributed by atoms with Crippen LogP contribution in [0.25, 0.3) is 21.0 Å². The minimum Gasteiger partial charge on any atom is -0.490 e. The molecule has 0 fully saturated rings. The Hall–Kier alpha value is -1.81. The summed E-state index contributed by atoms with van der Waals surface area (Å²) in [4.78, 5) is 4.70. The van der Waals surface area contributed by atoms with Crippen LogP contribution < -0.4 is 10.1 Å². The molecule has 0 radical (unpaired) electrons. The Kier molecular flexibility index (Phi) is 3.49. The molecule has 0 aliphatic heterocycles. The Labute approximate surface area is 122 Å². The topological polar surface area (TPSA) is 34.2 Å². The van der Waals surface area contributed by atoms with Gasteiger partial charge in [-0.15, -0.1) is 0 Å². The summed E-state index contributed by atoms with van der Waals surface area (Å²) in [6.45, 7) is 7.07. The highest BCUT2D eigenvalue weighted by Gasteiger charge is 2.12. The first-order chi connectivity index (χ1) is 9.69. The molecule has 20 heavy (non-hydrogen) atoms. The maximum absolute atomic E-state index is 5.96. The maximum atomic E-state index is 5.96. The van der Waals surface area contributed by atoms with Crippen LogP contribution in [0, 0.1) is 0 Å². The lowest BCUT2D eigenvalue weighted by Crippen LogP contribution is -2.05. The Morgan fingerprint density at radius 2 is 2.00 bits per heavy atom. The average Bonchev–Trinajstić information content (AvgIpc) is 2.81. The van der Waals surface area contributed by atoms with Gasteiger partial charge in [0.15, 0.2) is 5.13 Å². The van der Waals surface area contributed by atoms with E-state index in [1.165, 1.54) is 0 Å². The number of hydrogen-bond donors (Lipinski definition) is 1. The van der Waals surface area contributed by atoms with E-state index in [1.807, 2.05) is 12.1 Å². The highest BCUT2D eigenvalue weighted by molar-refractivity contribution is 7.22. The molecule has 0 bridgehead atoms. The molecule has 0 atom stereocenters. The number of nitrogens with zero attached hydrogens (tertiary/aromatic N) is 1. The highest BCUT2D eigenvalue weighted by atomic mass is 32.1. The van der Waals surface area contributed by atoms with Crippen LogP contribution in [0.15, 0.2) is 30.3 Å². The standard InChI is InChI=1S/C16H18N2OS/c1-4-17-16-18-15-12-8-6-5-7-11(12)13(19-10(2)3)9-14(15)20-16/h5-10H,4H2,1-3H3,(H,17,18). The van der Waals surface area contributed by atoms with Crippen molar-refractivity contribution in [3.63, 3.8) is 0 Å². The van der Waals surface area contributed by atoms with E-state index in [1.54, 1.807) is 11.3 Å². The van der Waals surface area contributed by atoms with Crippen molar-refractivity contribution in [1.82, 2.24) is 4.98 Å². The average molecular weight is 286 g/mol. The van der Waals surface area contributed by atoms with Gasteiger partial charge in [0, 0.05) is 23.4 Å². The fraction of sp³-hybridized carbons (Fsp3) is 0.312. The fourth-order valence-corrected chi connectivity index (χ4v) is 3.28. The van der Waals surface area contributed by atoms with Gasteiger partial charge >= 0.3 is 0 Å². The smallest absolute Gasteiger partial charge is 0.183 e. The summed E-state index contributed by atoms with van der Waals surface area (Å²) in [5, 5.41) is 6.54. The fourth-order valence-electron chi connectivity index (χ4n) is 2.30. The van der Waals surface area contributed by atoms with Gasteiger partial charge in [-0.1, -0.05) is 35.6 Å². The lowest BCUT2D eigenvalue weighted by Gasteiger charge is -2.12. The van der Waals surface area contributed by atoms with E-state index in [9.17, 15) is 0 Å². The number of anilines is 1. The zero-order valence-corrected chi connectivity index (χ0v) is 12.8. The zero-order valence-electron chi connectivity index (χ0n) is 11.9. The SMILES string of the molecule is CCNc1nc2c(cc(OC(C)C)c3ccccc32)s1. The molecule has 2 aromatic carbocycles. The van der Waals surface area contributed by atoms with Crippen molar-refractivity contribution in [3.8, 4) is 5.75 Å². The first kappa shape index (κ1) is 13.2.